The fourth-order valence-electron chi connectivity index (χ4n) is 2.16. The first-order valence-electron chi connectivity index (χ1n) is 7.46. The first kappa shape index (κ1) is 17.0. The highest BCUT2D eigenvalue weighted by Gasteiger charge is 2.07. The van der Waals surface area contributed by atoms with Gasteiger partial charge in [0.2, 0.25) is 11.8 Å². The Hall–Kier alpha value is -2.80. The van der Waals surface area contributed by atoms with Crippen molar-refractivity contribution in [2.45, 2.75) is 10.6 Å². The van der Waals surface area contributed by atoms with Gasteiger partial charge in [-0.25, -0.2) is 0 Å². The van der Waals surface area contributed by atoms with Crippen LogP contribution in [0.3, 0.4) is 0 Å². The van der Waals surface area contributed by atoms with Gasteiger partial charge in [-0.15, -0.1) is 11.8 Å². The second-order valence-electron chi connectivity index (χ2n) is 5.00. The second kappa shape index (κ2) is 7.85. The monoisotopic (exact) mass is 356 g/mol. The number of carbonyl (C=O) groups excluding carboxylic acids is 1. The van der Waals surface area contributed by atoms with Gasteiger partial charge >= 0.3 is 0 Å². The Bertz CT molecular complexity index is 840. The number of rotatable bonds is 7. The van der Waals surface area contributed by atoms with Gasteiger partial charge in [-0.3, -0.25) is 4.79 Å². The average molecular weight is 356 g/mol. The molecule has 6 nitrogen and oxygen atoms in total. The molecule has 128 valence electrons. The summed E-state index contributed by atoms with van der Waals surface area (Å²) in [4.78, 5) is 20.4. The van der Waals surface area contributed by atoms with E-state index < -0.39 is 0 Å². The van der Waals surface area contributed by atoms with Crippen molar-refractivity contribution >= 4 is 18.0 Å². The predicted molar refractivity (Wildman–Crippen MR) is 94.2 cm³/mol. The van der Waals surface area contributed by atoms with E-state index in [1.165, 1.54) is 0 Å². The van der Waals surface area contributed by atoms with Crippen molar-refractivity contribution in [2.24, 2.45) is 0 Å². The number of hydrogen-bond acceptors (Lipinski definition) is 7. The Labute approximate surface area is 149 Å². The van der Waals surface area contributed by atoms with E-state index in [4.69, 9.17) is 13.9 Å². The number of thioether (sulfide) groups is 1. The Morgan fingerprint density at radius 1 is 1.04 bits per heavy atom. The van der Waals surface area contributed by atoms with Crippen molar-refractivity contribution in [3.8, 4) is 23.1 Å². The number of nitrogens with zero attached hydrogens (tertiary/aromatic N) is 2. The van der Waals surface area contributed by atoms with Gasteiger partial charge in [-0.05, 0) is 24.3 Å². The van der Waals surface area contributed by atoms with Gasteiger partial charge < -0.3 is 13.9 Å². The van der Waals surface area contributed by atoms with E-state index in [0.29, 0.717) is 41.1 Å². The van der Waals surface area contributed by atoms with Crippen molar-refractivity contribution < 1.29 is 18.7 Å². The number of aldehydes is 1. The van der Waals surface area contributed by atoms with Gasteiger partial charge in [0.15, 0.2) is 12.0 Å². The molecule has 3 aromatic rings. The number of furan rings is 1. The van der Waals surface area contributed by atoms with Crippen LogP contribution < -0.4 is 9.47 Å². The number of benzene rings is 1. The van der Waals surface area contributed by atoms with Crippen LogP contribution in [0.1, 0.15) is 16.4 Å². The summed E-state index contributed by atoms with van der Waals surface area (Å²) >= 11 is 1.60. The standard InChI is InChI=1S/C18H16N2O4S/c1-22-17-9-18(23-2)20-16(19-17)11-25-14-6-3-12(4-7-14)15-8-5-13(10-21)24-15/h3-10H,11H2,1-2H3. The maximum atomic E-state index is 10.7. The summed E-state index contributed by atoms with van der Waals surface area (Å²) in [6.45, 7) is 0. The third kappa shape index (κ3) is 4.19. The van der Waals surface area contributed by atoms with Crippen LogP contribution in [0.15, 0.2) is 51.8 Å². The molecule has 25 heavy (non-hydrogen) atoms. The Morgan fingerprint density at radius 2 is 1.72 bits per heavy atom. The molecular weight excluding hydrogens is 340 g/mol. The van der Waals surface area contributed by atoms with Crippen LogP contribution in [-0.4, -0.2) is 30.5 Å². The molecule has 0 aliphatic rings. The van der Waals surface area contributed by atoms with E-state index >= 15 is 0 Å². The molecule has 0 spiro atoms. The molecule has 0 radical (unpaired) electrons. The first-order valence-corrected chi connectivity index (χ1v) is 8.44. The fourth-order valence-corrected chi connectivity index (χ4v) is 2.91. The Balaban J connectivity index is 1.68. The molecule has 3 rings (SSSR count). The van der Waals surface area contributed by atoms with Crippen molar-refractivity contribution in [3.63, 3.8) is 0 Å². The number of aromatic nitrogens is 2. The van der Waals surface area contributed by atoms with Crippen LogP contribution >= 0.6 is 11.8 Å². The minimum atomic E-state index is 0.317. The van der Waals surface area contributed by atoms with Crippen LogP contribution in [0, 0.1) is 0 Å². The lowest BCUT2D eigenvalue weighted by Crippen LogP contribution is -1.99. The zero-order valence-corrected chi connectivity index (χ0v) is 14.6. The zero-order chi connectivity index (χ0) is 17.6. The molecule has 0 aliphatic carbocycles. The lowest BCUT2D eigenvalue weighted by atomic mass is 10.2. The molecule has 0 fully saturated rings. The molecule has 0 atom stereocenters. The molecule has 0 unspecified atom stereocenters. The largest absolute Gasteiger partial charge is 0.481 e. The Morgan fingerprint density at radius 3 is 2.28 bits per heavy atom. The van der Waals surface area contributed by atoms with Crippen LogP contribution in [0.2, 0.25) is 0 Å². The second-order valence-corrected chi connectivity index (χ2v) is 6.05. The maximum absolute atomic E-state index is 10.7. The van der Waals surface area contributed by atoms with E-state index in [9.17, 15) is 4.79 Å². The normalized spacial score (nSPS) is 10.5. The topological polar surface area (TPSA) is 74.5 Å². The molecular formula is C18H16N2O4S. The van der Waals surface area contributed by atoms with Gasteiger partial charge in [0, 0.05) is 10.5 Å². The molecule has 7 heteroatoms. The quantitative estimate of drug-likeness (QED) is 0.470. The third-order valence-corrected chi connectivity index (χ3v) is 4.40. The van der Waals surface area contributed by atoms with E-state index in [-0.39, 0.29) is 0 Å². The highest BCUT2D eigenvalue weighted by Crippen LogP contribution is 2.27. The molecule has 1 aromatic carbocycles. The molecule has 0 saturated carbocycles. The molecule has 0 bridgehead atoms. The number of carbonyl (C=O) groups is 1. The molecule has 0 N–H and O–H groups in total. The summed E-state index contributed by atoms with van der Waals surface area (Å²) in [5, 5.41) is 0. The number of hydrogen-bond donors (Lipinski definition) is 0. The maximum Gasteiger partial charge on any atom is 0.220 e. The molecule has 0 aliphatic heterocycles. The van der Waals surface area contributed by atoms with Crippen LogP contribution in [0.5, 0.6) is 11.8 Å². The molecule has 2 aromatic heterocycles. The average Bonchev–Trinajstić information content (AvgIpc) is 3.15. The van der Waals surface area contributed by atoms with E-state index in [0.717, 1.165) is 10.5 Å². The SMILES string of the molecule is COc1cc(OC)nc(CSc2ccc(-c3ccc(C=O)o3)cc2)n1. The van der Waals surface area contributed by atoms with Crippen molar-refractivity contribution in [1.82, 2.24) is 9.97 Å². The third-order valence-electron chi connectivity index (χ3n) is 3.39. The van der Waals surface area contributed by atoms with E-state index in [1.54, 1.807) is 44.2 Å². The van der Waals surface area contributed by atoms with E-state index in [2.05, 4.69) is 9.97 Å². The summed E-state index contributed by atoms with van der Waals surface area (Å²) in [6.07, 6.45) is 0.691. The predicted octanol–water partition coefficient (Wildman–Crippen LogP) is 3.86. The van der Waals surface area contributed by atoms with Crippen molar-refractivity contribution in [1.29, 1.82) is 0 Å². The van der Waals surface area contributed by atoms with Crippen LogP contribution in [0.4, 0.5) is 0 Å². The zero-order valence-electron chi connectivity index (χ0n) is 13.8. The van der Waals surface area contributed by atoms with Crippen molar-refractivity contribution in [2.75, 3.05) is 14.2 Å². The van der Waals surface area contributed by atoms with Crippen LogP contribution in [0.25, 0.3) is 11.3 Å². The van der Waals surface area contributed by atoms with Gasteiger partial charge in [-0.1, -0.05) is 12.1 Å². The Kier molecular flexibility index (Phi) is 5.35. The first-order chi connectivity index (χ1) is 12.2. The molecule has 2 heterocycles. The van der Waals surface area contributed by atoms with Gasteiger partial charge in [0.1, 0.15) is 11.6 Å². The lowest BCUT2D eigenvalue weighted by Gasteiger charge is -2.06. The minimum absolute atomic E-state index is 0.317. The van der Waals surface area contributed by atoms with Gasteiger partial charge in [-0.2, -0.15) is 9.97 Å². The molecule has 0 amide bonds. The number of ether oxygens (including phenoxy) is 2. The van der Waals surface area contributed by atoms with Crippen molar-refractivity contribution in [3.05, 3.63) is 54.0 Å². The smallest absolute Gasteiger partial charge is 0.220 e. The summed E-state index contributed by atoms with van der Waals surface area (Å²) in [5.74, 6) is 3.15. The van der Waals surface area contributed by atoms with Gasteiger partial charge in [0.05, 0.1) is 26.0 Å². The summed E-state index contributed by atoms with van der Waals surface area (Å²) in [5.41, 5.74) is 0.914. The van der Waals surface area contributed by atoms with Crippen LogP contribution in [-0.2, 0) is 5.75 Å². The lowest BCUT2D eigenvalue weighted by molar-refractivity contribution is 0.110. The summed E-state index contributed by atoms with van der Waals surface area (Å²) < 4.78 is 15.7. The highest BCUT2D eigenvalue weighted by atomic mass is 32.2. The van der Waals surface area contributed by atoms with E-state index in [1.807, 2.05) is 24.3 Å². The number of methoxy groups -OCH3 is 2. The fraction of sp³-hybridized carbons (Fsp3) is 0.167. The highest BCUT2D eigenvalue weighted by molar-refractivity contribution is 7.98. The summed E-state index contributed by atoms with van der Waals surface area (Å²) in [7, 11) is 3.12. The molecule has 0 saturated heterocycles. The minimum Gasteiger partial charge on any atom is -0.481 e. The van der Waals surface area contributed by atoms with Gasteiger partial charge in [0.25, 0.3) is 0 Å². The summed E-state index contributed by atoms with van der Waals surface area (Å²) in [6, 6.07) is 12.9.